The summed E-state index contributed by atoms with van der Waals surface area (Å²) < 4.78 is 38.2. The van der Waals surface area contributed by atoms with Gasteiger partial charge in [-0.15, -0.1) is 0 Å². The number of pyridine rings is 1. The van der Waals surface area contributed by atoms with Gasteiger partial charge in [0, 0.05) is 25.3 Å². The van der Waals surface area contributed by atoms with Gasteiger partial charge in [-0.05, 0) is 50.9 Å². The lowest BCUT2D eigenvalue weighted by Crippen LogP contribution is -2.44. The number of aromatic nitrogens is 1. The second-order valence-electron chi connectivity index (χ2n) is 5.86. The fraction of sp³-hybridized carbons (Fsp3) is 0.667. The van der Waals surface area contributed by atoms with E-state index in [0.717, 1.165) is 38.1 Å². The van der Waals surface area contributed by atoms with Crippen LogP contribution in [-0.2, 0) is 6.18 Å². The molecule has 0 spiro atoms. The fourth-order valence-electron chi connectivity index (χ4n) is 3.33. The summed E-state index contributed by atoms with van der Waals surface area (Å²) >= 11 is 0. The van der Waals surface area contributed by atoms with Crippen LogP contribution in [0.25, 0.3) is 0 Å². The Balaban J connectivity index is 1.64. The van der Waals surface area contributed by atoms with Gasteiger partial charge in [-0.1, -0.05) is 0 Å². The maximum Gasteiger partial charge on any atom is 0.416 e. The molecule has 3 heterocycles. The summed E-state index contributed by atoms with van der Waals surface area (Å²) in [5.74, 6) is 0.449. The summed E-state index contributed by atoms with van der Waals surface area (Å²) in [4.78, 5) is 8.61. The summed E-state index contributed by atoms with van der Waals surface area (Å²) in [5.41, 5.74) is -0.617. The third-order valence-corrected chi connectivity index (χ3v) is 4.52. The number of piperidine rings is 1. The zero-order valence-electron chi connectivity index (χ0n) is 11.9. The summed E-state index contributed by atoms with van der Waals surface area (Å²) in [7, 11) is 0. The lowest BCUT2D eigenvalue weighted by atomic mass is 10.0. The van der Waals surface area contributed by atoms with Crippen LogP contribution in [0.4, 0.5) is 19.0 Å². The molecule has 0 aliphatic carbocycles. The van der Waals surface area contributed by atoms with Crippen LogP contribution < -0.4 is 4.90 Å². The van der Waals surface area contributed by atoms with Crippen LogP contribution in [0.1, 0.15) is 31.2 Å². The minimum atomic E-state index is -4.30. The van der Waals surface area contributed by atoms with Crippen molar-refractivity contribution < 1.29 is 13.2 Å². The number of halogens is 3. The molecular formula is C15H20F3N3. The van der Waals surface area contributed by atoms with Crippen LogP contribution in [0.2, 0.25) is 0 Å². The lowest BCUT2D eigenvalue weighted by Gasteiger charge is -2.37. The molecule has 1 aromatic heterocycles. The van der Waals surface area contributed by atoms with Gasteiger partial charge in [-0.3, -0.25) is 0 Å². The summed E-state index contributed by atoms with van der Waals surface area (Å²) in [6.07, 6.45) is 1.52. The predicted octanol–water partition coefficient (Wildman–Crippen LogP) is 3.17. The van der Waals surface area contributed by atoms with Crippen molar-refractivity contribution in [1.29, 1.82) is 0 Å². The average Bonchev–Trinajstić information content (AvgIpc) is 3.01. The maximum atomic E-state index is 12.7. The highest BCUT2D eigenvalue weighted by Crippen LogP contribution is 2.31. The number of rotatable bonds is 2. The first-order valence-electron chi connectivity index (χ1n) is 7.56. The molecule has 0 bridgehead atoms. The molecule has 0 unspecified atom stereocenters. The van der Waals surface area contributed by atoms with E-state index >= 15 is 0 Å². The molecule has 0 saturated carbocycles. The van der Waals surface area contributed by atoms with Crippen LogP contribution in [0.3, 0.4) is 0 Å². The van der Waals surface area contributed by atoms with E-state index in [1.165, 1.54) is 32.1 Å². The number of anilines is 1. The van der Waals surface area contributed by atoms with E-state index in [2.05, 4.69) is 9.88 Å². The molecule has 1 aromatic rings. The standard InChI is InChI=1S/C15H20F3N3/c16-15(17,18)12-3-6-19-14(11-12)21-9-4-13(5-10-21)20-7-1-2-8-20/h3,6,11,13H,1-2,4-5,7-10H2. The van der Waals surface area contributed by atoms with E-state index in [-0.39, 0.29) is 0 Å². The monoisotopic (exact) mass is 299 g/mol. The predicted molar refractivity (Wildman–Crippen MR) is 75.3 cm³/mol. The topological polar surface area (TPSA) is 19.4 Å². The van der Waals surface area contributed by atoms with E-state index in [9.17, 15) is 13.2 Å². The molecule has 3 nitrogen and oxygen atoms in total. The van der Waals surface area contributed by atoms with Gasteiger partial charge in [0.2, 0.25) is 0 Å². The van der Waals surface area contributed by atoms with E-state index < -0.39 is 11.7 Å². The van der Waals surface area contributed by atoms with Gasteiger partial charge >= 0.3 is 6.18 Å². The van der Waals surface area contributed by atoms with Gasteiger partial charge in [-0.25, -0.2) is 4.98 Å². The van der Waals surface area contributed by atoms with Crippen LogP contribution in [0, 0.1) is 0 Å². The summed E-state index contributed by atoms with van der Waals surface area (Å²) in [6, 6.07) is 2.78. The summed E-state index contributed by atoms with van der Waals surface area (Å²) in [5, 5.41) is 0. The highest BCUT2D eigenvalue weighted by molar-refractivity contribution is 5.42. The van der Waals surface area contributed by atoms with Gasteiger partial charge < -0.3 is 9.80 Å². The number of likely N-dealkylation sites (tertiary alicyclic amines) is 1. The highest BCUT2D eigenvalue weighted by atomic mass is 19.4. The molecule has 0 amide bonds. The SMILES string of the molecule is FC(F)(F)c1ccnc(N2CCC(N3CCCC3)CC2)c1. The molecule has 21 heavy (non-hydrogen) atoms. The Morgan fingerprint density at radius 2 is 1.71 bits per heavy atom. The van der Waals surface area contributed by atoms with Gasteiger partial charge in [0.1, 0.15) is 5.82 Å². The second kappa shape index (κ2) is 5.83. The zero-order valence-corrected chi connectivity index (χ0v) is 11.9. The Morgan fingerprint density at radius 3 is 2.33 bits per heavy atom. The molecule has 0 N–H and O–H groups in total. The van der Waals surface area contributed by atoms with Crippen LogP contribution in [0.5, 0.6) is 0 Å². The van der Waals surface area contributed by atoms with E-state index in [1.807, 2.05) is 4.90 Å². The molecule has 6 heteroatoms. The fourth-order valence-corrected chi connectivity index (χ4v) is 3.33. The van der Waals surface area contributed by atoms with E-state index in [4.69, 9.17) is 0 Å². The molecule has 3 rings (SSSR count). The Bertz CT molecular complexity index is 475. The smallest absolute Gasteiger partial charge is 0.356 e. The van der Waals surface area contributed by atoms with Gasteiger partial charge in [-0.2, -0.15) is 13.2 Å². The Labute approximate surface area is 122 Å². The molecule has 116 valence electrons. The minimum Gasteiger partial charge on any atom is -0.356 e. The Hall–Kier alpha value is -1.30. The first-order valence-corrected chi connectivity index (χ1v) is 7.56. The normalized spacial score (nSPS) is 22.0. The van der Waals surface area contributed by atoms with Crippen molar-refractivity contribution in [1.82, 2.24) is 9.88 Å². The zero-order chi connectivity index (χ0) is 14.9. The third kappa shape index (κ3) is 3.31. The van der Waals surface area contributed by atoms with Gasteiger partial charge in [0.15, 0.2) is 0 Å². The molecule has 2 aliphatic rings. The molecule has 0 atom stereocenters. The molecular weight excluding hydrogens is 279 g/mol. The van der Waals surface area contributed by atoms with Crippen LogP contribution in [0.15, 0.2) is 18.3 Å². The van der Waals surface area contributed by atoms with E-state index in [0.29, 0.717) is 11.9 Å². The average molecular weight is 299 g/mol. The summed E-state index contributed by atoms with van der Waals surface area (Å²) in [6.45, 7) is 3.92. The minimum absolute atomic E-state index is 0.449. The van der Waals surface area contributed by atoms with Crippen molar-refractivity contribution in [2.45, 2.75) is 37.9 Å². The second-order valence-corrected chi connectivity index (χ2v) is 5.86. The van der Waals surface area contributed by atoms with Crippen molar-refractivity contribution in [2.75, 3.05) is 31.1 Å². The first kappa shape index (κ1) is 14.6. The van der Waals surface area contributed by atoms with Crippen molar-refractivity contribution in [2.24, 2.45) is 0 Å². The Morgan fingerprint density at radius 1 is 1.05 bits per heavy atom. The Kier molecular flexibility index (Phi) is 4.06. The number of hydrogen-bond acceptors (Lipinski definition) is 3. The number of alkyl halides is 3. The van der Waals surface area contributed by atoms with Crippen molar-refractivity contribution in [3.63, 3.8) is 0 Å². The van der Waals surface area contributed by atoms with Crippen molar-refractivity contribution >= 4 is 5.82 Å². The van der Waals surface area contributed by atoms with Crippen LogP contribution >= 0.6 is 0 Å². The van der Waals surface area contributed by atoms with E-state index in [1.54, 1.807) is 0 Å². The highest BCUT2D eigenvalue weighted by Gasteiger charge is 2.32. The van der Waals surface area contributed by atoms with Crippen molar-refractivity contribution in [3.05, 3.63) is 23.9 Å². The number of nitrogens with zero attached hydrogens (tertiary/aromatic N) is 3. The molecule has 2 aliphatic heterocycles. The largest absolute Gasteiger partial charge is 0.416 e. The maximum absolute atomic E-state index is 12.7. The number of hydrogen-bond donors (Lipinski definition) is 0. The first-order chi connectivity index (χ1) is 10.0. The molecule has 0 aromatic carbocycles. The molecule has 2 fully saturated rings. The van der Waals surface area contributed by atoms with Crippen LogP contribution in [-0.4, -0.2) is 42.1 Å². The molecule has 0 radical (unpaired) electrons. The molecule has 2 saturated heterocycles. The quantitative estimate of drug-likeness (QED) is 0.836. The lowest BCUT2D eigenvalue weighted by molar-refractivity contribution is -0.137. The van der Waals surface area contributed by atoms with Gasteiger partial charge in [0.05, 0.1) is 5.56 Å². The third-order valence-electron chi connectivity index (χ3n) is 4.52. The van der Waals surface area contributed by atoms with Crippen molar-refractivity contribution in [3.8, 4) is 0 Å². The van der Waals surface area contributed by atoms with Gasteiger partial charge in [0.25, 0.3) is 0 Å².